The summed E-state index contributed by atoms with van der Waals surface area (Å²) in [5, 5.41) is 0.924. The van der Waals surface area contributed by atoms with E-state index < -0.39 is 11.9 Å². The number of carbonyl (C=O) groups excluding carboxylic acids is 2. The molecule has 0 radical (unpaired) electrons. The summed E-state index contributed by atoms with van der Waals surface area (Å²) in [6.45, 7) is 2.01. The minimum Gasteiger partial charge on any atom is -0.463 e. The molecule has 5 heteroatoms. The molecule has 3 nitrogen and oxygen atoms in total. The molecule has 0 saturated carbocycles. The minimum absolute atomic E-state index is 0.112. The standard InChI is InChI=1S/C23H20Cl2O3/c1-2-28-23(27)18-12-11-16(15-7-4-3-5-8-15)22(18)21(26)14-13-17-19(24)9-6-10-20(17)25/h3-10,12-14,16,22H,2,11H2,1H3/b14-13+/t16-,22-/m0/s1. The first kappa shape index (κ1) is 20.4. The molecule has 28 heavy (non-hydrogen) atoms. The molecule has 0 heterocycles. The lowest BCUT2D eigenvalue weighted by Crippen LogP contribution is -2.24. The van der Waals surface area contributed by atoms with Gasteiger partial charge in [0.2, 0.25) is 0 Å². The zero-order valence-electron chi connectivity index (χ0n) is 15.4. The van der Waals surface area contributed by atoms with Crippen molar-refractivity contribution in [3.8, 4) is 0 Å². The number of ether oxygens (including phenoxy) is 1. The molecule has 2 aromatic rings. The Morgan fingerprint density at radius 1 is 1.07 bits per heavy atom. The predicted octanol–water partition coefficient (Wildman–Crippen LogP) is 5.87. The summed E-state index contributed by atoms with van der Waals surface area (Å²) >= 11 is 12.4. The smallest absolute Gasteiger partial charge is 0.334 e. The van der Waals surface area contributed by atoms with Crippen LogP contribution in [-0.2, 0) is 14.3 Å². The Kier molecular flexibility index (Phi) is 6.71. The summed E-state index contributed by atoms with van der Waals surface area (Å²) in [4.78, 5) is 25.5. The van der Waals surface area contributed by atoms with Gasteiger partial charge in [-0.1, -0.05) is 65.7 Å². The second-order valence-corrected chi connectivity index (χ2v) is 7.30. The quantitative estimate of drug-likeness (QED) is 0.438. The molecule has 0 unspecified atom stereocenters. The minimum atomic E-state index is -0.598. The second-order valence-electron chi connectivity index (χ2n) is 6.48. The van der Waals surface area contributed by atoms with Crippen molar-refractivity contribution in [2.45, 2.75) is 19.3 Å². The van der Waals surface area contributed by atoms with Gasteiger partial charge in [0.05, 0.1) is 12.5 Å². The van der Waals surface area contributed by atoms with Crippen molar-refractivity contribution in [2.75, 3.05) is 6.61 Å². The number of hydrogen-bond donors (Lipinski definition) is 0. The van der Waals surface area contributed by atoms with Gasteiger partial charge in [-0.3, -0.25) is 4.79 Å². The predicted molar refractivity (Wildman–Crippen MR) is 113 cm³/mol. The molecule has 0 aliphatic heterocycles. The van der Waals surface area contributed by atoms with E-state index in [1.165, 1.54) is 6.08 Å². The summed E-state index contributed by atoms with van der Waals surface area (Å²) < 4.78 is 5.17. The fraction of sp³-hybridized carbons (Fsp3) is 0.217. The van der Waals surface area contributed by atoms with Gasteiger partial charge in [0.25, 0.3) is 0 Å². The van der Waals surface area contributed by atoms with E-state index in [-0.39, 0.29) is 18.3 Å². The van der Waals surface area contributed by atoms with Gasteiger partial charge in [-0.2, -0.15) is 0 Å². The molecule has 0 fully saturated rings. The normalized spacial score (nSPS) is 18.9. The van der Waals surface area contributed by atoms with Gasteiger partial charge in [-0.15, -0.1) is 0 Å². The maximum atomic E-state index is 13.1. The first-order valence-electron chi connectivity index (χ1n) is 9.11. The Balaban J connectivity index is 1.92. The summed E-state index contributed by atoms with van der Waals surface area (Å²) in [5.41, 5.74) is 2.01. The lowest BCUT2D eigenvalue weighted by atomic mass is 9.82. The van der Waals surface area contributed by atoms with E-state index in [1.54, 1.807) is 31.2 Å². The van der Waals surface area contributed by atoms with Crippen molar-refractivity contribution in [2.24, 2.45) is 5.92 Å². The molecule has 0 N–H and O–H groups in total. The van der Waals surface area contributed by atoms with E-state index in [1.807, 2.05) is 36.4 Å². The highest BCUT2D eigenvalue weighted by Crippen LogP contribution is 2.41. The fourth-order valence-corrected chi connectivity index (χ4v) is 4.00. The Morgan fingerprint density at radius 3 is 2.39 bits per heavy atom. The van der Waals surface area contributed by atoms with Crippen LogP contribution in [0.15, 0.2) is 66.3 Å². The van der Waals surface area contributed by atoms with Crippen LogP contribution in [0.3, 0.4) is 0 Å². The van der Waals surface area contributed by atoms with E-state index >= 15 is 0 Å². The number of halogens is 2. The number of benzene rings is 2. The molecule has 3 rings (SSSR count). The van der Waals surface area contributed by atoms with Crippen molar-refractivity contribution in [1.29, 1.82) is 0 Å². The van der Waals surface area contributed by atoms with Gasteiger partial charge < -0.3 is 4.74 Å². The van der Waals surface area contributed by atoms with Crippen LogP contribution in [0.1, 0.15) is 30.4 Å². The number of ketones is 1. The van der Waals surface area contributed by atoms with Crippen molar-refractivity contribution in [3.05, 3.63) is 87.4 Å². The van der Waals surface area contributed by atoms with Gasteiger partial charge >= 0.3 is 5.97 Å². The van der Waals surface area contributed by atoms with E-state index in [0.29, 0.717) is 27.6 Å². The number of rotatable bonds is 6. The largest absolute Gasteiger partial charge is 0.463 e. The van der Waals surface area contributed by atoms with Gasteiger partial charge in [0.15, 0.2) is 5.78 Å². The third kappa shape index (κ3) is 4.37. The molecule has 144 valence electrons. The lowest BCUT2D eigenvalue weighted by Gasteiger charge is -2.20. The van der Waals surface area contributed by atoms with E-state index in [9.17, 15) is 9.59 Å². The van der Waals surface area contributed by atoms with Crippen molar-refractivity contribution in [1.82, 2.24) is 0 Å². The van der Waals surface area contributed by atoms with E-state index in [0.717, 1.165) is 5.56 Å². The number of hydrogen-bond acceptors (Lipinski definition) is 3. The molecule has 1 aliphatic rings. The SMILES string of the molecule is CCOC(=O)C1=CC[C@@H](c2ccccc2)[C@@H]1C(=O)/C=C/c1c(Cl)cccc1Cl. The Hall–Kier alpha value is -2.36. The molecule has 2 atom stereocenters. The van der Waals surface area contributed by atoms with Crippen LogP contribution in [0, 0.1) is 5.92 Å². The third-order valence-electron chi connectivity index (χ3n) is 4.79. The molecular weight excluding hydrogens is 395 g/mol. The van der Waals surface area contributed by atoms with Crippen LogP contribution in [0.5, 0.6) is 0 Å². The topological polar surface area (TPSA) is 43.4 Å². The van der Waals surface area contributed by atoms with Crippen molar-refractivity contribution >= 4 is 41.0 Å². The van der Waals surface area contributed by atoms with Crippen molar-refractivity contribution in [3.63, 3.8) is 0 Å². The maximum absolute atomic E-state index is 13.1. The average molecular weight is 415 g/mol. The number of carbonyl (C=O) groups is 2. The molecular formula is C23H20Cl2O3. The van der Waals surface area contributed by atoms with Crippen LogP contribution >= 0.6 is 23.2 Å². The molecule has 0 bridgehead atoms. The summed E-state index contributed by atoms with van der Waals surface area (Å²) in [7, 11) is 0. The Bertz CT molecular complexity index is 912. The summed E-state index contributed by atoms with van der Waals surface area (Å²) in [5.74, 6) is -1.33. The van der Waals surface area contributed by atoms with Crippen LogP contribution in [0.25, 0.3) is 6.08 Å². The summed E-state index contributed by atoms with van der Waals surface area (Å²) in [6.07, 6.45) is 5.48. The summed E-state index contributed by atoms with van der Waals surface area (Å²) in [6, 6.07) is 14.9. The molecule has 0 amide bonds. The van der Waals surface area contributed by atoms with Crippen LogP contribution in [0.4, 0.5) is 0 Å². The third-order valence-corrected chi connectivity index (χ3v) is 5.45. The van der Waals surface area contributed by atoms with Gasteiger partial charge in [-0.25, -0.2) is 4.79 Å². The van der Waals surface area contributed by atoms with Gasteiger partial charge in [0.1, 0.15) is 0 Å². The zero-order chi connectivity index (χ0) is 20.1. The highest BCUT2D eigenvalue weighted by atomic mass is 35.5. The van der Waals surface area contributed by atoms with Gasteiger partial charge in [0, 0.05) is 27.1 Å². The number of esters is 1. The lowest BCUT2D eigenvalue weighted by molar-refractivity contribution is -0.140. The zero-order valence-corrected chi connectivity index (χ0v) is 16.9. The molecule has 0 aromatic heterocycles. The van der Waals surface area contributed by atoms with Crippen LogP contribution in [0.2, 0.25) is 10.0 Å². The molecule has 0 spiro atoms. The monoisotopic (exact) mass is 414 g/mol. The highest BCUT2D eigenvalue weighted by Gasteiger charge is 2.39. The number of allylic oxidation sites excluding steroid dienone is 2. The van der Waals surface area contributed by atoms with Gasteiger partial charge in [-0.05, 0) is 43.2 Å². The van der Waals surface area contributed by atoms with Crippen LogP contribution in [-0.4, -0.2) is 18.4 Å². The molecule has 0 saturated heterocycles. The molecule has 1 aliphatic carbocycles. The average Bonchev–Trinajstić information content (AvgIpc) is 3.13. The first-order valence-corrected chi connectivity index (χ1v) is 9.86. The second kappa shape index (κ2) is 9.22. The Labute approximate surface area is 174 Å². The maximum Gasteiger partial charge on any atom is 0.334 e. The first-order chi connectivity index (χ1) is 13.5. The van der Waals surface area contributed by atoms with Crippen LogP contribution < -0.4 is 0 Å². The molecule has 2 aromatic carbocycles. The Morgan fingerprint density at radius 2 is 1.75 bits per heavy atom. The highest BCUT2D eigenvalue weighted by molar-refractivity contribution is 6.37. The van der Waals surface area contributed by atoms with E-state index in [4.69, 9.17) is 27.9 Å². The fourth-order valence-electron chi connectivity index (χ4n) is 3.48. The van der Waals surface area contributed by atoms with E-state index in [2.05, 4.69) is 0 Å². The van der Waals surface area contributed by atoms with Crippen molar-refractivity contribution < 1.29 is 14.3 Å².